The van der Waals surface area contributed by atoms with E-state index >= 15 is 0 Å². The Bertz CT molecular complexity index is 671. The third kappa shape index (κ3) is 3.39. The molecule has 6 heteroatoms. The van der Waals surface area contributed by atoms with Gasteiger partial charge in [0.25, 0.3) is 5.56 Å². The van der Waals surface area contributed by atoms with Crippen LogP contribution in [0.4, 0.5) is 0 Å². The molecule has 1 fully saturated rings. The lowest BCUT2D eigenvalue weighted by Crippen LogP contribution is -2.21. The molecule has 112 valence electrons. The van der Waals surface area contributed by atoms with Crippen LogP contribution in [0, 0.1) is 0 Å². The monoisotopic (exact) mass is 287 g/mol. The van der Waals surface area contributed by atoms with E-state index in [1.807, 2.05) is 17.1 Å². The van der Waals surface area contributed by atoms with Gasteiger partial charge in [-0.2, -0.15) is 5.10 Å². The molecule has 21 heavy (non-hydrogen) atoms. The Balaban J connectivity index is 1.65. The Morgan fingerprint density at radius 2 is 2.33 bits per heavy atom. The van der Waals surface area contributed by atoms with Gasteiger partial charge < -0.3 is 10.3 Å². The molecule has 0 spiro atoms. The highest BCUT2D eigenvalue weighted by Gasteiger charge is 2.26. The maximum atomic E-state index is 11.7. The molecule has 0 amide bonds. The minimum absolute atomic E-state index is 0.0600. The van der Waals surface area contributed by atoms with Crippen LogP contribution in [-0.4, -0.2) is 19.7 Å². The summed E-state index contributed by atoms with van der Waals surface area (Å²) in [6.07, 6.45) is 6.18. The third-order valence-electron chi connectivity index (χ3n) is 3.84. The first-order valence-electron chi connectivity index (χ1n) is 7.51. The van der Waals surface area contributed by atoms with E-state index in [0.29, 0.717) is 12.5 Å². The second kappa shape index (κ2) is 5.81. The van der Waals surface area contributed by atoms with Crippen LogP contribution in [0.1, 0.15) is 55.7 Å². The fraction of sp³-hybridized carbons (Fsp3) is 0.533. The molecule has 2 heterocycles. The van der Waals surface area contributed by atoms with E-state index < -0.39 is 0 Å². The van der Waals surface area contributed by atoms with E-state index in [4.69, 9.17) is 0 Å². The Hall–Kier alpha value is -1.95. The first-order valence-corrected chi connectivity index (χ1v) is 7.51. The van der Waals surface area contributed by atoms with E-state index in [-0.39, 0.29) is 11.6 Å². The van der Waals surface area contributed by atoms with Crippen LogP contribution in [0.15, 0.2) is 23.3 Å². The minimum Gasteiger partial charge on any atom is -0.310 e. The summed E-state index contributed by atoms with van der Waals surface area (Å²) >= 11 is 0. The van der Waals surface area contributed by atoms with Gasteiger partial charge in [0.1, 0.15) is 5.82 Å². The van der Waals surface area contributed by atoms with Crippen molar-refractivity contribution >= 4 is 0 Å². The number of hydrogen-bond acceptors (Lipinski definition) is 4. The molecule has 2 aromatic rings. The minimum atomic E-state index is -0.0600. The largest absolute Gasteiger partial charge is 0.310 e. The van der Waals surface area contributed by atoms with Crippen LogP contribution in [0.3, 0.4) is 0 Å². The molecule has 3 rings (SSSR count). The topological polar surface area (TPSA) is 75.6 Å². The Morgan fingerprint density at radius 1 is 1.52 bits per heavy atom. The van der Waals surface area contributed by atoms with Crippen LogP contribution in [0.2, 0.25) is 0 Å². The van der Waals surface area contributed by atoms with Gasteiger partial charge in [-0.1, -0.05) is 0 Å². The lowest BCUT2D eigenvalue weighted by atomic mass is 10.2. The van der Waals surface area contributed by atoms with Crippen molar-refractivity contribution in [2.75, 3.05) is 0 Å². The standard InChI is InChI=1S/C15H21N5O/c1-3-20-9-12(7-17-20)10(2)16-8-13-6-14(21)19-15(18-13)11-4-5-11/h6-7,9-11,16H,3-5,8H2,1-2H3,(H,18,19,21). The predicted octanol–water partition coefficient (Wildman–Crippen LogP) is 1.71. The van der Waals surface area contributed by atoms with Gasteiger partial charge in [0.05, 0.1) is 11.9 Å². The van der Waals surface area contributed by atoms with Crippen molar-refractivity contribution < 1.29 is 0 Å². The highest BCUT2D eigenvalue weighted by atomic mass is 16.1. The third-order valence-corrected chi connectivity index (χ3v) is 3.84. The average Bonchev–Trinajstić information content (AvgIpc) is 3.22. The SMILES string of the molecule is CCn1cc(C(C)NCc2cc(=O)[nH]c(C3CC3)n2)cn1. The summed E-state index contributed by atoms with van der Waals surface area (Å²) < 4.78 is 1.91. The van der Waals surface area contributed by atoms with E-state index in [9.17, 15) is 4.79 Å². The smallest absolute Gasteiger partial charge is 0.251 e. The van der Waals surface area contributed by atoms with Gasteiger partial charge in [0.15, 0.2) is 0 Å². The maximum Gasteiger partial charge on any atom is 0.251 e. The molecule has 1 unspecified atom stereocenters. The summed E-state index contributed by atoms with van der Waals surface area (Å²) in [5, 5.41) is 7.67. The van der Waals surface area contributed by atoms with Gasteiger partial charge in [-0.05, 0) is 26.7 Å². The lowest BCUT2D eigenvalue weighted by Gasteiger charge is -2.12. The Labute approximate surface area is 123 Å². The van der Waals surface area contributed by atoms with Gasteiger partial charge in [0.2, 0.25) is 0 Å². The number of aromatic amines is 1. The molecular weight excluding hydrogens is 266 g/mol. The molecule has 2 aromatic heterocycles. The normalized spacial score (nSPS) is 16.1. The zero-order valence-corrected chi connectivity index (χ0v) is 12.5. The van der Waals surface area contributed by atoms with Crippen LogP contribution < -0.4 is 10.9 Å². The van der Waals surface area contributed by atoms with Crippen LogP contribution in [-0.2, 0) is 13.1 Å². The molecule has 0 radical (unpaired) electrons. The number of nitrogens with zero attached hydrogens (tertiary/aromatic N) is 3. The molecule has 0 bridgehead atoms. The van der Waals surface area contributed by atoms with Crippen molar-refractivity contribution in [3.63, 3.8) is 0 Å². The van der Waals surface area contributed by atoms with Crippen LogP contribution in [0.5, 0.6) is 0 Å². The Kier molecular flexibility index (Phi) is 3.88. The van der Waals surface area contributed by atoms with Gasteiger partial charge in [-0.15, -0.1) is 0 Å². The highest BCUT2D eigenvalue weighted by Crippen LogP contribution is 2.37. The molecular formula is C15H21N5O. The van der Waals surface area contributed by atoms with Crippen molar-refractivity contribution in [2.45, 2.75) is 51.7 Å². The van der Waals surface area contributed by atoms with Crippen molar-refractivity contribution in [1.29, 1.82) is 0 Å². The summed E-state index contributed by atoms with van der Waals surface area (Å²) in [7, 11) is 0. The maximum absolute atomic E-state index is 11.7. The van der Waals surface area contributed by atoms with Crippen LogP contribution >= 0.6 is 0 Å². The van der Waals surface area contributed by atoms with Gasteiger partial charge in [-0.25, -0.2) is 4.98 Å². The summed E-state index contributed by atoms with van der Waals surface area (Å²) in [5.41, 5.74) is 1.88. The molecule has 1 aliphatic carbocycles. The van der Waals surface area contributed by atoms with Crippen molar-refractivity contribution in [3.8, 4) is 0 Å². The fourth-order valence-corrected chi connectivity index (χ4v) is 2.32. The number of aryl methyl sites for hydroxylation is 1. The van der Waals surface area contributed by atoms with E-state index in [1.54, 1.807) is 6.07 Å². The van der Waals surface area contributed by atoms with Crippen LogP contribution in [0.25, 0.3) is 0 Å². The molecule has 0 aromatic carbocycles. The molecule has 0 aliphatic heterocycles. The number of hydrogen-bond donors (Lipinski definition) is 2. The van der Waals surface area contributed by atoms with Gasteiger partial charge in [0, 0.05) is 42.9 Å². The molecule has 1 atom stereocenters. The number of rotatable bonds is 6. The number of aromatic nitrogens is 4. The van der Waals surface area contributed by atoms with E-state index in [0.717, 1.165) is 36.5 Å². The summed E-state index contributed by atoms with van der Waals surface area (Å²) in [4.78, 5) is 19.0. The molecule has 6 nitrogen and oxygen atoms in total. The van der Waals surface area contributed by atoms with Gasteiger partial charge in [-0.3, -0.25) is 9.48 Å². The first-order chi connectivity index (χ1) is 10.2. The fourth-order valence-electron chi connectivity index (χ4n) is 2.32. The van der Waals surface area contributed by atoms with E-state index in [1.165, 1.54) is 0 Å². The van der Waals surface area contributed by atoms with E-state index in [2.05, 4.69) is 34.2 Å². The first kappa shape index (κ1) is 14.0. The van der Waals surface area contributed by atoms with Crippen molar-refractivity contribution in [2.24, 2.45) is 0 Å². The molecule has 2 N–H and O–H groups in total. The van der Waals surface area contributed by atoms with Gasteiger partial charge >= 0.3 is 0 Å². The summed E-state index contributed by atoms with van der Waals surface area (Å²) in [5.74, 6) is 1.30. The molecule has 0 saturated heterocycles. The van der Waals surface area contributed by atoms with Crippen molar-refractivity contribution in [3.05, 3.63) is 45.9 Å². The second-order valence-corrected chi connectivity index (χ2v) is 5.63. The quantitative estimate of drug-likeness (QED) is 0.848. The summed E-state index contributed by atoms with van der Waals surface area (Å²) in [6, 6.07) is 1.75. The predicted molar refractivity (Wildman–Crippen MR) is 80.0 cm³/mol. The number of nitrogens with one attached hydrogen (secondary N) is 2. The lowest BCUT2D eigenvalue weighted by molar-refractivity contribution is 0.563. The summed E-state index contributed by atoms with van der Waals surface area (Å²) in [6.45, 7) is 5.61. The second-order valence-electron chi connectivity index (χ2n) is 5.63. The van der Waals surface area contributed by atoms with Crippen molar-refractivity contribution in [1.82, 2.24) is 25.1 Å². The zero-order chi connectivity index (χ0) is 14.8. The molecule has 1 aliphatic rings. The average molecular weight is 287 g/mol. The zero-order valence-electron chi connectivity index (χ0n) is 12.5. The molecule has 1 saturated carbocycles. The number of H-pyrrole nitrogens is 1. The Morgan fingerprint density at radius 3 is 3.00 bits per heavy atom. The highest BCUT2D eigenvalue weighted by molar-refractivity contribution is 5.12.